The minimum absolute atomic E-state index is 0.00663. The van der Waals surface area contributed by atoms with Crippen LogP contribution in [0.1, 0.15) is 6.92 Å². The molecule has 0 bridgehead atoms. The molecule has 2 rings (SSSR count). The van der Waals surface area contributed by atoms with Gasteiger partial charge in [-0.2, -0.15) is 0 Å². The fourth-order valence-electron chi connectivity index (χ4n) is 1.75. The van der Waals surface area contributed by atoms with Crippen molar-refractivity contribution < 1.29 is 14.5 Å². The molecule has 0 spiro atoms. The van der Waals surface area contributed by atoms with Gasteiger partial charge < -0.3 is 10.1 Å². The molecule has 2 aromatic carbocycles. The molecule has 0 aliphatic rings. The third kappa shape index (κ3) is 4.67. The van der Waals surface area contributed by atoms with Crippen LogP contribution in [0.3, 0.4) is 0 Å². The lowest BCUT2D eigenvalue weighted by atomic mass is 10.2. The molecule has 2 aromatic rings. The molecule has 1 unspecified atom stereocenters. The van der Waals surface area contributed by atoms with E-state index in [9.17, 15) is 14.9 Å². The summed E-state index contributed by atoms with van der Waals surface area (Å²) in [5, 5.41) is 13.4. The molecule has 0 aliphatic heterocycles. The number of anilines is 1. The summed E-state index contributed by atoms with van der Waals surface area (Å²) < 4.78 is 6.41. The molecule has 120 valence electrons. The SMILES string of the molecule is CC(Oc1ccc(Br)cc1)C(=O)Nc1ccc(Cl)c([N+](=O)[O-])c1. The van der Waals surface area contributed by atoms with Crippen molar-refractivity contribution >= 4 is 44.8 Å². The van der Waals surface area contributed by atoms with E-state index >= 15 is 0 Å². The summed E-state index contributed by atoms with van der Waals surface area (Å²) in [5.74, 6) is 0.113. The van der Waals surface area contributed by atoms with Gasteiger partial charge in [-0.25, -0.2) is 0 Å². The summed E-state index contributed by atoms with van der Waals surface area (Å²) >= 11 is 9.04. The maximum Gasteiger partial charge on any atom is 0.289 e. The van der Waals surface area contributed by atoms with Crippen LogP contribution in [0.5, 0.6) is 5.75 Å². The molecule has 0 heterocycles. The lowest BCUT2D eigenvalue weighted by Gasteiger charge is -2.14. The van der Waals surface area contributed by atoms with Crippen LogP contribution < -0.4 is 10.1 Å². The number of carbonyl (C=O) groups excluding carboxylic acids is 1. The first-order valence-corrected chi connectivity index (χ1v) is 7.71. The molecule has 23 heavy (non-hydrogen) atoms. The van der Waals surface area contributed by atoms with Gasteiger partial charge in [0.2, 0.25) is 0 Å². The lowest BCUT2D eigenvalue weighted by Crippen LogP contribution is -2.30. The number of benzene rings is 2. The number of halogens is 2. The molecule has 6 nitrogen and oxygen atoms in total. The highest BCUT2D eigenvalue weighted by Gasteiger charge is 2.18. The average molecular weight is 400 g/mol. The van der Waals surface area contributed by atoms with Gasteiger partial charge in [-0.3, -0.25) is 14.9 Å². The number of amides is 1. The van der Waals surface area contributed by atoms with Crippen LogP contribution >= 0.6 is 27.5 Å². The van der Waals surface area contributed by atoms with Crippen molar-refractivity contribution in [3.63, 3.8) is 0 Å². The van der Waals surface area contributed by atoms with Crippen molar-refractivity contribution in [1.29, 1.82) is 0 Å². The van der Waals surface area contributed by atoms with Crippen molar-refractivity contribution in [2.75, 3.05) is 5.32 Å². The molecule has 0 saturated carbocycles. The number of ether oxygens (including phenoxy) is 1. The minimum atomic E-state index is -0.772. The Hall–Kier alpha value is -2.12. The van der Waals surface area contributed by atoms with Gasteiger partial charge in [0.1, 0.15) is 10.8 Å². The zero-order valence-corrected chi connectivity index (χ0v) is 14.3. The topological polar surface area (TPSA) is 81.5 Å². The van der Waals surface area contributed by atoms with Gasteiger partial charge in [0.15, 0.2) is 6.10 Å². The predicted molar refractivity (Wildman–Crippen MR) is 91.0 cm³/mol. The Morgan fingerprint density at radius 3 is 2.57 bits per heavy atom. The maximum atomic E-state index is 12.1. The second-order valence-electron chi connectivity index (χ2n) is 4.63. The fourth-order valence-corrected chi connectivity index (χ4v) is 2.20. The molecule has 1 amide bonds. The zero-order valence-electron chi connectivity index (χ0n) is 12.0. The van der Waals surface area contributed by atoms with E-state index in [2.05, 4.69) is 21.2 Å². The zero-order chi connectivity index (χ0) is 17.0. The summed E-state index contributed by atoms with van der Waals surface area (Å²) in [5.41, 5.74) is 0.00306. The Kier molecular flexibility index (Phi) is 5.57. The molecular formula is C15H12BrClN2O4. The van der Waals surface area contributed by atoms with Crippen LogP contribution in [-0.2, 0) is 4.79 Å². The normalized spacial score (nSPS) is 11.6. The average Bonchev–Trinajstić information content (AvgIpc) is 2.51. The molecule has 1 atom stereocenters. The Morgan fingerprint density at radius 2 is 1.96 bits per heavy atom. The quantitative estimate of drug-likeness (QED) is 0.596. The van der Waals surface area contributed by atoms with Crippen molar-refractivity contribution in [2.24, 2.45) is 0 Å². The van der Waals surface area contributed by atoms with Crippen LogP contribution in [0, 0.1) is 10.1 Å². The third-order valence-electron chi connectivity index (χ3n) is 2.91. The highest BCUT2D eigenvalue weighted by Crippen LogP contribution is 2.27. The highest BCUT2D eigenvalue weighted by atomic mass is 79.9. The van der Waals surface area contributed by atoms with E-state index in [1.807, 2.05) is 0 Å². The van der Waals surface area contributed by atoms with Crippen LogP contribution in [-0.4, -0.2) is 16.9 Å². The molecule has 0 aromatic heterocycles. The van der Waals surface area contributed by atoms with Crippen molar-refractivity contribution in [2.45, 2.75) is 13.0 Å². The van der Waals surface area contributed by atoms with Crippen LogP contribution in [0.4, 0.5) is 11.4 Å². The van der Waals surface area contributed by atoms with Gasteiger partial charge >= 0.3 is 0 Å². The predicted octanol–water partition coefficient (Wildman–Crippen LogP) is 4.42. The number of rotatable bonds is 5. The number of nitrogens with one attached hydrogen (secondary N) is 1. The Balaban J connectivity index is 2.04. The molecule has 0 radical (unpaired) electrons. The number of nitro benzene ring substituents is 1. The van der Waals surface area contributed by atoms with Gasteiger partial charge in [-0.05, 0) is 43.3 Å². The summed E-state index contributed by atoms with van der Waals surface area (Å²) in [6.07, 6.45) is -0.772. The first-order valence-electron chi connectivity index (χ1n) is 6.54. The Bertz CT molecular complexity index is 737. The number of carbonyl (C=O) groups is 1. The molecule has 0 aliphatic carbocycles. The number of nitrogens with zero attached hydrogens (tertiary/aromatic N) is 1. The van der Waals surface area contributed by atoms with Gasteiger partial charge in [0, 0.05) is 16.2 Å². The molecular weight excluding hydrogens is 388 g/mol. The van der Waals surface area contributed by atoms with E-state index in [1.54, 1.807) is 31.2 Å². The number of nitro groups is 1. The maximum absolute atomic E-state index is 12.1. The first kappa shape index (κ1) is 17.2. The van der Waals surface area contributed by atoms with Crippen LogP contribution in [0.25, 0.3) is 0 Å². The van der Waals surface area contributed by atoms with Crippen molar-refractivity contribution in [3.8, 4) is 5.75 Å². The third-order valence-corrected chi connectivity index (χ3v) is 3.75. The monoisotopic (exact) mass is 398 g/mol. The number of hydrogen-bond donors (Lipinski definition) is 1. The summed E-state index contributed by atoms with van der Waals surface area (Å²) in [7, 11) is 0. The fraction of sp³-hybridized carbons (Fsp3) is 0.133. The second kappa shape index (κ2) is 7.43. The van der Waals surface area contributed by atoms with Crippen LogP contribution in [0.2, 0.25) is 5.02 Å². The molecule has 0 saturated heterocycles. The van der Waals surface area contributed by atoms with Gasteiger partial charge in [0.25, 0.3) is 11.6 Å². The van der Waals surface area contributed by atoms with E-state index in [1.165, 1.54) is 18.2 Å². The molecule has 1 N–H and O–H groups in total. The van der Waals surface area contributed by atoms with Gasteiger partial charge in [-0.15, -0.1) is 0 Å². The molecule has 0 fully saturated rings. The van der Waals surface area contributed by atoms with E-state index in [0.29, 0.717) is 5.75 Å². The van der Waals surface area contributed by atoms with Gasteiger partial charge in [0.05, 0.1) is 4.92 Å². The minimum Gasteiger partial charge on any atom is -0.481 e. The highest BCUT2D eigenvalue weighted by molar-refractivity contribution is 9.10. The lowest BCUT2D eigenvalue weighted by molar-refractivity contribution is -0.384. The smallest absolute Gasteiger partial charge is 0.289 e. The summed E-state index contributed by atoms with van der Waals surface area (Å²) in [6.45, 7) is 1.59. The standard InChI is InChI=1S/C15H12BrClN2O4/c1-9(23-12-5-2-10(16)3-6-12)15(20)18-11-4-7-13(17)14(8-11)19(21)22/h2-9H,1H3,(H,18,20). The number of hydrogen-bond acceptors (Lipinski definition) is 4. The molecule has 8 heteroatoms. The van der Waals surface area contributed by atoms with E-state index in [4.69, 9.17) is 16.3 Å². The first-order chi connectivity index (χ1) is 10.9. The van der Waals surface area contributed by atoms with Crippen molar-refractivity contribution in [1.82, 2.24) is 0 Å². The van der Waals surface area contributed by atoms with E-state index in [-0.39, 0.29) is 16.4 Å². The van der Waals surface area contributed by atoms with Gasteiger partial charge in [-0.1, -0.05) is 27.5 Å². The van der Waals surface area contributed by atoms with Crippen LogP contribution in [0.15, 0.2) is 46.9 Å². The summed E-state index contributed by atoms with van der Waals surface area (Å²) in [6, 6.07) is 11.1. The largest absolute Gasteiger partial charge is 0.481 e. The second-order valence-corrected chi connectivity index (χ2v) is 5.95. The van der Waals surface area contributed by atoms with E-state index < -0.39 is 16.9 Å². The van der Waals surface area contributed by atoms with E-state index in [0.717, 1.165) is 4.47 Å². The Labute approximate surface area is 145 Å². The Morgan fingerprint density at radius 1 is 1.30 bits per heavy atom. The van der Waals surface area contributed by atoms with Crippen molar-refractivity contribution in [3.05, 3.63) is 62.1 Å². The summed E-state index contributed by atoms with van der Waals surface area (Å²) in [4.78, 5) is 22.3.